The topological polar surface area (TPSA) is 9.23 Å². The van der Waals surface area contributed by atoms with E-state index < -0.39 is 0 Å². The number of benzene rings is 1. The first-order valence-electron chi connectivity index (χ1n) is 4.19. The molecular weight excluding hydrogens is 263 g/mol. The molecule has 0 heterocycles. The van der Waals surface area contributed by atoms with E-state index in [0.29, 0.717) is 0 Å². The van der Waals surface area contributed by atoms with Crippen LogP contribution in [0.1, 0.15) is 19.4 Å². The Balaban J connectivity index is 2.89. The molecule has 1 rings (SSSR count). The van der Waals surface area contributed by atoms with Gasteiger partial charge in [0.05, 0.1) is 6.61 Å². The molecule has 0 aliphatic rings. The number of ether oxygens (including phenoxy) is 1. The number of hydrogen-bond acceptors (Lipinski definition) is 1. The first-order valence-corrected chi connectivity index (χ1v) is 5.27. The molecule has 2 heteroatoms. The van der Waals surface area contributed by atoms with Crippen LogP contribution in [0.25, 0.3) is 0 Å². The molecule has 0 saturated heterocycles. The van der Waals surface area contributed by atoms with Crippen molar-refractivity contribution in [3.63, 3.8) is 0 Å². The van der Waals surface area contributed by atoms with Crippen molar-refractivity contribution in [2.45, 2.75) is 20.3 Å². The van der Waals surface area contributed by atoms with Gasteiger partial charge in [-0.15, -0.1) is 0 Å². The van der Waals surface area contributed by atoms with Crippen molar-refractivity contribution >= 4 is 22.6 Å². The summed E-state index contributed by atoms with van der Waals surface area (Å²) in [7, 11) is 0. The summed E-state index contributed by atoms with van der Waals surface area (Å²) in [6, 6.07) is 6.24. The lowest BCUT2D eigenvalue weighted by Crippen LogP contribution is -1.93. The highest BCUT2D eigenvalue weighted by molar-refractivity contribution is 14.1. The molecule has 0 spiro atoms. The number of halogens is 1. The zero-order chi connectivity index (χ0) is 8.97. The van der Waals surface area contributed by atoms with Gasteiger partial charge in [-0.3, -0.25) is 0 Å². The third-order valence-corrected chi connectivity index (χ3v) is 2.76. The molecule has 0 aromatic heterocycles. The van der Waals surface area contributed by atoms with Gasteiger partial charge in [-0.1, -0.05) is 6.92 Å². The van der Waals surface area contributed by atoms with E-state index >= 15 is 0 Å². The van der Waals surface area contributed by atoms with Crippen LogP contribution >= 0.6 is 22.6 Å². The van der Waals surface area contributed by atoms with E-state index in [1.807, 2.05) is 13.0 Å². The first kappa shape index (κ1) is 9.84. The molecular formula is C10H13IO. The van der Waals surface area contributed by atoms with Gasteiger partial charge >= 0.3 is 0 Å². The van der Waals surface area contributed by atoms with Crippen LogP contribution in [0, 0.1) is 3.57 Å². The van der Waals surface area contributed by atoms with Gasteiger partial charge in [-0.2, -0.15) is 0 Å². The fourth-order valence-corrected chi connectivity index (χ4v) is 1.80. The second-order valence-corrected chi connectivity index (χ2v) is 3.70. The van der Waals surface area contributed by atoms with E-state index in [9.17, 15) is 0 Å². The maximum atomic E-state index is 5.40. The zero-order valence-electron chi connectivity index (χ0n) is 7.43. The molecule has 1 nitrogen and oxygen atoms in total. The van der Waals surface area contributed by atoms with Crippen molar-refractivity contribution in [1.82, 2.24) is 0 Å². The fourth-order valence-electron chi connectivity index (χ4n) is 1.08. The van der Waals surface area contributed by atoms with Crippen molar-refractivity contribution in [1.29, 1.82) is 0 Å². The van der Waals surface area contributed by atoms with E-state index in [1.54, 1.807) is 0 Å². The summed E-state index contributed by atoms with van der Waals surface area (Å²) < 4.78 is 6.72. The molecule has 0 radical (unpaired) electrons. The first-order chi connectivity index (χ1) is 5.77. The molecule has 0 amide bonds. The minimum absolute atomic E-state index is 0.740. The maximum absolute atomic E-state index is 5.40. The van der Waals surface area contributed by atoms with Crippen LogP contribution in [0.3, 0.4) is 0 Å². The summed E-state index contributed by atoms with van der Waals surface area (Å²) in [6.45, 7) is 4.90. The minimum atomic E-state index is 0.740. The molecule has 66 valence electrons. The monoisotopic (exact) mass is 276 g/mol. The predicted octanol–water partition coefficient (Wildman–Crippen LogP) is 3.25. The van der Waals surface area contributed by atoms with Crippen molar-refractivity contribution in [3.8, 4) is 5.75 Å². The van der Waals surface area contributed by atoms with E-state index in [4.69, 9.17) is 4.74 Å². The molecule has 0 aliphatic carbocycles. The second-order valence-electron chi connectivity index (χ2n) is 2.54. The Labute approximate surface area is 87.3 Å². The van der Waals surface area contributed by atoms with Gasteiger partial charge in [0.15, 0.2) is 0 Å². The van der Waals surface area contributed by atoms with Crippen LogP contribution in [0.4, 0.5) is 0 Å². The average Bonchev–Trinajstić information content (AvgIpc) is 2.09. The van der Waals surface area contributed by atoms with E-state index in [-0.39, 0.29) is 0 Å². The number of aryl methyl sites for hydroxylation is 1. The SMILES string of the molecule is CCOc1ccc(I)c(CC)c1. The van der Waals surface area contributed by atoms with E-state index in [2.05, 4.69) is 41.6 Å². The molecule has 0 bridgehead atoms. The summed E-state index contributed by atoms with van der Waals surface area (Å²) in [6.07, 6.45) is 1.07. The Morgan fingerprint density at radius 3 is 2.67 bits per heavy atom. The molecule has 0 atom stereocenters. The Morgan fingerprint density at radius 1 is 1.33 bits per heavy atom. The van der Waals surface area contributed by atoms with Gasteiger partial charge in [0.25, 0.3) is 0 Å². The Bertz CT molecular complexity index is 258. The molecule has 0 aliphatic heterocycles. The third-order valence-electron chi connectivity index (χ3n) is 1.71. The Morgan fingerprint density at radius 2 is 2.08 bits per heavy atom. The Kier molecular flexibility index (Phi) is 3.85. The fraction of sp³-hybridized carbons (Fsp3) is 0.400. The van der Waals surface area contributed by atoms with Gasteiger partial charge < -0.3 is 4.74 Å². The van der Waals surface area contributed by atoms with Crippen molar-refractivity contribution in [3.05, 3.63) is 27.3 Å². The molecule has 0 N–H and O–H groups in total. The molecule has 1 aromatic carbocycles. The van der Waals surface area contributed by atoms with E-state index in [0.717, 1.165) is 18.8 Å². The maximum Gasteiger partial charge on any atom is 0.119 e. The standard InChI is InChI=1S/C10H13IO/c1-3-8-7-9(12-4-2)5-6-10(8)11/h5-7H,3-4H2,1-2H3. The third kappa shape index (κ3) is 2.37. The number of hydrogen-bond donors (Lipinski definition) is 0. The van der Waals surface area contributed by atoms with Gasteiger partial charge in [-0.25, -0.2) is 0 Å². The van der Waals surface area contributed by atoms with Crippen LogP contribution in [-0.4, -0.2) is 6.61 Å². The lowest BCUT2D eigenvalue weighted by Gasteiger charge is -2.06. The van der Waals surface area contributed by atoms with Crippen LogP contribution < -0.4 is 4.74 Å². The normalized spacial score (nSPS) is 9.92. The lowest BCUT2D eigenvalue weighted by molar-refractivity contribution is 0.340. The van der Waals surface area contributed by atoms with E-state index in [1.165, 1.54) is 9.13 Å². The Hall–Kier alpha value is -0.250. The highest BCUT2D eigenvalue weighted by Crippen LogP contribution is 2.19. The van der Waals surface area contributed by atoms with Gasteiger partial charge in [0.2, 0.25) is 0 Å². The van der Waals surface area contributed by atoms with Crippen LogP contribution in [0.2, 0.25) is 0 Å². The summed E-state index contributed by atoms with van der Waals surface area (Å²) in [5.74, 6) is 0.981. The molecule has 0 saturated carbocycles. The number of rotatable bonds is 3. The summed E-state index contributed by atoms with van der Waals surface area (Å²) in [5.41, 5.74) is 1.36. The van der Waals surface area contributed by atoms with Crippen molar-refractivity contribution < 1.29 is 4.74 Å². The summed E-state index contributed by atoms with van der Waals surface area (Å²) in [4.78, 5) is 0. The molecule has 0 unspecified atom stereocenters. The average molecular weight is 276 g/mol. The quantitative estimate of drug-likeness (QED) is 0.770. The second kappa shape index (κ2) is 4.70. The van der Waals surface area contributed by atoms with Gasteiger partial charge in [0, 0.05) is 3.57 Å². The highest BCUT2D eigenvalue weighted by atomic mass is 127. The minimum Gasteiger partial charge on any atom is -0.494 e. The predicted molar refractivity (Wildman–Crippen MR) is 59.7 cm³/mol. The van der Waals surface area contributed by atoms with Crippen LogP contribution in [0.15, 0.2) is 18.2 Å². The van der Waals surface area contributed by atoms with Gasteiger partial charge in [-0.05, 0) is 59.7 Å². The van der Waals surface area contributed by atoms with Gasteiger partial charge in [0.1, 0.15) is 5.75 Å². The highest BCUT2D eigenvalue weighted by Gasteiger charge is 1.99. The smallest absolute Gasteiger partial charge is 0.119 e. The molecule has 12 heavy (non-hydrogen) atoms. The van der Waals surface area contributed by atoms with Crippen LogP contribution in [0.5, 0.6) is 5.75 Å². The zero-order valence-corrected chi connectivity index (χ0v) is 9.59. The van der Waals surface area contributed by atoms with Crippen molar-refractivity contribution in [2.75, 3.05) is 6.61 Å². The molecule has 1 aromatic rings. The summed E-state index contributed by atoms with van der Waals surface area (Å²) in [5, 5.41) is 0. The molecule has 0 fully saturated rings. The van der Waals surface area contributed by atoms with Crippen molar-refractivity contribution in [2.24, 2.45) is 0 Å². The summed E-state index contributed by atoms with van der Waals surface area (Å²) >= 11 is 2.35. The largest absolute Gasteiger partial charge is 0.494 e. The lowest BCUT2D eigenvalue weighted by atomic mass is 10.2. The van der Waals surface area contributed by atoms with Crippen LogP contribution in [-0.2, 0) is 6.42 Å².